The molecular formula is C9H19F3N2S. The number of thioether (sulfide) groups is 1. The molecule has 0 saturated heterocycles. The van der Waals surface area contributed by atoms with E-state index in [1.807, 2.05) is 13.8 Å². The van der Waals surface area contributed by atoms with Gasteiger partial charge in [-0.2, -0.15) is 24.9 Å². The van der Waals surface area contributed by atoms with Crippen LogP contribution in [0.4, 0.5) is 13.2 Å². The van der Waals surface area contributed by atoms with Crippen molar-refractivity contribution in [2.45, 2.75) is 50.6 Å². The van der Waals surface area contributed by atoms with Crippen molar-refractivity contribution in [3.05, 3.63) is 0 Å². The maximum absolute atomic E-state index is 11.9. The summed E-state index contributed by atoms with van der Waals surface area (Å²) in [5.74, 6) is 6.02. The zero-order chi connectivity index (χ0) is 11.9. The van der Waals surface area contributed by atoms with Gasteiger partial charge in [0.2, 0.25) is 0 Å². The van der Waals surface area contributed by atoms with Crippen molar-refractivity contribution in [1.82, 2.24) is 5.43 Å². The molecule has 0 aliphatic heterocycles. The highest BCUT2D eigenvalue weighted by Crippen LogP contribution is 2.23. The van der Waals surface area contributed by atoms with Crippen LogP contribution < -0.4 is 11.3 Å². The summed E-state index contributed by atoms with van der Waals surface area (Å²) in [5.41, 5.74) is 2.56. The highest BCUT2D eigenvalue weighted by atomic mass is 32.2. The summed E-state index contributed by atoms with van der Waals surface area (Å²) in [5, 5.41) is 0.475. The first-order valence-electron chi connectivity index (χ1n) is 4.99. The standard InChI is InChI=1S/C9H19F3N2S/c1-7(2)15-6-8(14-13)4-3-5-9(10,11)12/h7-8,14H,3-6,13H2,1-2H3. The summed E-state index contributed by atoms with van der Waals surface area (Å²) in [6.45, 7) is 4.10. The van der Waals surface area contributed by atoms with Crippen LogP contribution in [0.2, 0.25) is 0 Å². The highest BCUT2D eigenvalue weighted by Gasteiger charge is 2.26. The molecule has 0 amide bonds. The molecule has 92 valence electrons. The molecule has 0 spiro atoms. The van der Waals surface area contributed by atoms with E-state index in [4.69, 9.17) is 5.84 Å². The number of alkyl halides is 3. The van der Waals surface area contributed by atoms with Crippen molar-refractivity contribution in [3.8, 4) is 0 Å². The van der Waals surface area contributed by atoms with Gasteiger partial charge in [-0.1, -0.05) is 13.8 Å². The van der Waals surface area contributed by atoms with E-state index in [9.17, 15) is 13.2 Å². The van der Waals surface area contributed by atoms with Crippen LogP contribution in [0.25, 0.3) is 0 Å². The average molecular weight is 244 g/mol. The lowest BCUT2D eigenvalue weighted by atomic mass is 10.1. The van der Waals surface area contributed by atoms with Crippen molar-refractivity contribution < 1.29 is 13.2 Å². The van der Waals surface area contributed by atoms with Crippen LogP contribution in [0.5, 0.6) is 0 Å². The van der Waals surface area contributed by atoms with E-state index in [-0.39, 0.29) is 12.5 Å². The molecule has 0 aromatic rings. The van der Waals surface area contributed by atoms with Crippen LogP contribution in [0.1, 0.15) is 33.1 Å². The summed E-state index contributed by atoms with van der Waals surface area (Å²) in [7, 11) is 0. The number of hydrogen-bond donors (Lipinski definition) is 2. The smallest absolute Gasteiger partial charge is 0.271 e. The third kappa shape index (κ3) is 10.3. The number of hydrogen-bond acceptors (Lipinski definition) is 3. The van der Waals surface area contributed by atoms with Crippen molar-refractivity contribution in [3.63, 3.8) is 0 Å². The van der Waals surface area contributed by atoms with Crippen molar-refractivity contribution in [2.24, 2.45) is 5.84 Å². The number of halogens is 3. The van der Waals surface area contributed by atoms with Gasteiger partial charge in [0, 0.05) is 18.2 Å². The minimum absolute atomic E-state index is 0.0280. The molecule has 0 aliphatic carbocycles. The van der Waals surface area contributed by atoms with Crippen molar-refractivity contribution in [2.75, 3.05) is 5.75 Å². The minimum Gasteiger partial charge on any atom is -0.271 e. The van der Waals surface area contributed by atoms with Gasteiger partial charge < -0.3 is 0 Å². The molecule has 1 unspecified atom stereocenters. The largest absolute Gasteiger partial charge is 0.389 e. The molecule has 0 bridgehead atoms. The lowest BCUT2D eigenvalue weighted by Crippen LogP contribution is -2.37. The number of hydrazine groups is 1. The molecule has 0 aromatic heterocycles. The first-order chi connectivity index (χ1) is 6.85. The van der Waals surface area contributed by atoms with Gasteiger partial charge in [0.15, 0.2) is 0 Å². The number of nitrogens with one attached hydrogen (secondary N) is 1. The molecule has 2 nitrogen and oxygen atoms in total. The van der Waals surface area contributed by atoms with E-state index >= 15 is 0 Å². The van der Waals surface area contributed by atoms with Crippen molar-refractivity contribution >= 4 is 11.8 Å². The van der Waals surface area contributed by atoms with Crippen LogP contribution in [0.15, 0.2) is 0 Å². The van der Waals surface area contributed by atoms with Crippen LogP contribution in [0.3, 0.4) is 0 Å². The van der Waals surface area contributed by atoms with Crippen molar-refractivity contribution in [1.29, 1.82) is 0 Å². The van der Waals surface area contributed by atoms with Gasteiger partial charge >= 0.3 is 6.18 Å². The van der Waals surface area contributed by atoms with E-state index in [1.165, 1.54) is 0 Å². The van der Waals surface area contributed by atoms with E-state index in [2.05, 4.69) is 5.43 Å². The van der Waals surface area contributed by atoms with E-state index in [0.717, 1.165) is 5.75 Å². The van der Waals surface area contributed by atoms with Crippen LogP contribution >= 0.6 is 11.8 Å². The van der Waals surface area contributed by atoms with Gasteiger partial charge in [-0.05, 0) is 18.1 Å². The predicted octanol–water partition coefficient (Wildman–Crippen LogP) is 2.69. The first-order valence-corrected chi connectivity index (χ1v) is 6.04. The second-order valence-corrected chi connectivity index (χ2v) is 5.36. The molecule has 0 radical (unpaired) electrons. The van der Waals surface area contributed by atoms with Gasteiger partial charge in [0.1, 0.15) is 0 Å². The topological polar surface area (TPSA) is 38.0 Å². The lowest BCUT2D eigenvalue weighted by molar-refractivity contribution is -0.135. The maximum atomic E-state index is 11.9. The van der Waals surface area contributed by atoms with E-state index < -0.39 is 12.6 Å². The Kier molecular flexibility index (Phi) is 7.38. The Balaban J connectivity index is 3.62. The molecule has 0 aromatic carbocycles. The molecule has 1 atom stereocenters. The predicted molar refractivity (Wildman–Crippen MR) is 58.6 cm³/mol. The van der Waals surface area contributed by atoms with Gasteiger partial charge in [-0.3, -0.25) is 11.3 Å². The minimum atomic E-state index is -4.05. The second kappa shape index (κ2) is 7.35. The summed E-state index contributed by atoms with van der Waals surface area (Å²) >= 11 is 1.70. The summed E-state index contributed by atoms with van der Waals surface area (Å²) in [6, 6.07) is -0.0280. The van der Waals surface area contributed by atoms with E-state index in [1.54, 1.807) is 11.8 Å². The quantitative estimate of drug-likeness (QED) is 0.534. The molecule has 0 fully saturated rings. The Hall–Kier alpha value is 0.0600. The van der Waals surface area contributed by atoms with Crippen LogP contribution in [0, 0.1) is 0 Å². The second-order valence-electron chi connectivity index (χ2n) is 3.75. The Labute approximate surface area is 93.1 Å². The molecule has 3 N–H and O–H groups in total. The molecule has 0 rings (SSSR count). The summed E-state index contributed by atoms with van der Waals surface area (Å²) in [6.07, 6.45) is -4.17. The van der Waals surface area contributed by atoms with Gasteiger partial charge in [0.05, 0.1) is 0 Å². The van der Waals surface area contributed by atoms with Gasteiger partial charge in [-0.15, -0.1) is 0 Å². The maximum Gasteiger partial charge on any atom is 0.389 e. The summed E-state index contributed by atoms with van der Waals surface area (Å²) in [4.78, 5) is 0. The van der Waals surface area contributed by atoms with Gasteiger partial charge in [-0.25, -0.2) is 0 Å². The van der Waals surface area contributed by atoms with E-state index in [0.29, 0.717) is 11.7 Å². The molecule has 6 heteroatoms. The number of nitrogens with two attached hydrogens (primary N) is 1. The molecule has 0 aliphatic rings. The molecular weight excluding hydrogens is 225 g/mol. The molecule has 15 heavy (non-hydrogen) atoms. The Morgan fingerprint density at radius 1 is 1.33 bits per heavy atom. The third-order valence-electron chi connectivity index (χ3n) is 1.88. The average Bonchev–Trinajstić information content (AvgIpc) is 2.08. The zero-order valence-electron chi connectivity index (χ0n) is 9.10. The normalized spacial score (nSPS) is 14.6. The Bertz CT molecular complexity index is 162. The summed E-state index contributed by atoms with van der Waals surface area (Å²) < 4.78 is 35.6. The third-order valence-corrected chi connectivity index (χ3v) is 3.14. The lowest BCUT2D eigenvalue weighted by Gasteiger charge is -2.17. The Morgan fingerprint density at radius 3 is 2.33 bits per heavy atom. The fourth-order valence-electron chi connectivity index (χ4n) is 1.07. The monoisotopic (exact) mass is 244 g/mol. The first kappa shape index (κ1) is 15.1. The van der Waals surface area contributed by atoms with Crippen LogP contribution in [-0.2, 0) is 0 Å². The van der Waals surface area contributed by atoms with Gasteiger partial charge in [0.25, 0.3) is 0 Å². The fourth-order valence-corrected chi connectivity index (χ4v) is 1.95. The SMILES string of the molecule is CC(C)SCC(CCCC(F)(F)F)NN. The molecule has 0 heterocycles. The molecule has 0 saturated carbocycles. The highest BCUT2D eigenvalue weighted by molar-refractivity contribution is 7.99. The number of rotatable bonds is 7. The fraction of sp³-hybridized carbons (Fsp3) is 1.00. The Morgan fingerprint density at radius 2 is 1.93 bits per heavy atom. The zero-order valence-corrected chi connectivity index (χ0v) is 9.92. The van der Waals surface area contributed by atoms with Crippen LogP contribution in [-0.4, -0.2) is 23.2 Å².